The van der Waals surface area contributed by atoms with Gasteiger partial charge in [-0.2, -0.15) is 5.26 Å². The number of rotatable bonds is 3. The molecule has 16 heavy (non-hydrogen) atoms. The van der Waals surface area contributed by atoms with Gasteiger partial charge in [0.15, 0.2) is 0 Å². The van der Waals surface area contributed by atoms with Crippen LogP contribution in [-0.2, 0) is 0 Å². The number of nitrogens with zero attached hydrogens (tertiary/aromatic N) is 2. The Morgan fingerprint density at radius 1 is 1.50 bits per heavy atom. The van der Waals surface area contributed by atoms with Crippen molar-refractivity contribution in [2.75, 3.05) is 29.9 Å². The molecule has 0 fully saturated rings. The number of nitriles is 1. The van der Waals surface area contributed by atoms with Crippen molar-refractivity contribution in [2.45, 2.75) is 19.8 Å². The fourth-order valence-electron chi connectivity index (χ4n) is 2.05. The minimum absolute atomic E-state index is 0.726. The fraction of sp³-hybridized carbons (Fsp3) is 0.462. The van der Waals surface area contributed by atoms with Crippen LogP contribution in [0.2, 0.25) is 0 Å². The van der Waals surface area contributed by atoms with Crippen molar-refractivity contribution in [3.63, 3.8) is 0 Å². The topological polar surface area (TPSA) is 39.1 Å². The van der Waals surface area contributed by atoms with Crippen LogP contribution in [0.5, 0.6) is 0 Å². The van der Waals surface area contributed by atoms with Gasteiger partial charge in [-0.15, -0.1) is 0 Å². The van der Waals surface area contributed by atoms with Gasteiger partial charge in [-0.1, -0.05) is 13.3 Å². The summed E-state index contributed by atoms with van der Waals surface area (Å²) in [5, 5.41) is 12.2. The highest BCUT2D eigenvalue weighted by Crippen LogP contribution is 2.29. The van der Waals surface area contributed by atoms with E-state index in [2.05, 4.69) is 29.3 Å². The van der Waals surface area contributed by atoms with Crippen LogP contribution in [0.25, 0.3) is 0 Å². The van der Waals surface area contributed by atoms with Crippen molar-refractivity contribution in [1.82, 2.24) is 0 Å². The van der Waals surface area contributed by atoms with Gasteiger partial charge in [0, 0.05) is 19.6 Å². The SMILES string of the molecule is CCCCN1CCNc2cc(C#N)ccc21. The molecule has 0 aromatic heterocycles. The van der Waals surface area contributed by atoms with E-state index >= 15 is 0 Å². The Bertz CT molecular complexity index is 406. The zero-order chi connectivity index (χ0) is 11.4. The Hall–Kier alpha value is -1.69. The van der Waals surface area contributed by atoms with E-state index < -0.39 is 0 Å². The van der Waals surface area contributed by atoms with Crippen molar-refractivity contribution < 1.29 is 0 Å². The lowest BCUT2D eigenvalue weighted by Gasteiger charge is -2.32. The molecule has 0 aliphatic carbocycles. The molecule has 0 amide bonds. The Morgan fingerprint density at radius 3 is 3.12 bits per heavy atom. The van der Waals surface area contributed by atoms with Gasteiger partial charge in [0.1, 0.15) is 0 Å². The predicted molar refractivity (Wildman–Crippen MR) is 66.8 cm³/mol. The first-order valence-electron chi connectivity index (χ1n) is 5.88. The van der Waals surface area contributed by atoms with Crippen LogP contribution in [0.15, 0.2) is 18.2 Å². The zero-order valence-corrected chi connectivity index (χ0v) is 9.66. The highest BCUT2D eigenvalue weighted by molar-refractivity contribution is 5.73. The summed E-state index contributed by atoms with van der Waals surface area (Å²) in [4.78, 5) is 2.40. The first kappa shape index (κ1) is 10.8. The standard InChI is InChI=1S/C13H17N3/c1-2-3-7-16-8-6-15-12-9-11(10-14)4-5-13(12)16/h4-5,9,15H,2-3,6-8H2,1H3. The van der Waals surface area contributed by atoms with E-state index in [0.29, 0.717) is 0 Å². The van der Waals surface area contributed by atoms with E-state index in [1.54, 1.807) is 0 Å². The molecule has 0 saturated heterocycles. The Labute approximate surface area is 96.7 Å². The van der Waals surface area contributed by atoms with Gasteiger partial charge >= 0.3 is 0 Å². The van der Waals surface area contributed by atoms with Gasteiger partial charge in [-0.25, -0.2) is 0 Å². The van der Waals surface area contributed by atoms with Gasteiger partial charge in [0.2, 0.25) is 0 Å². The average molecular weight is 215 g/mol. The van der Waals surface area contributed by atoms with E-state index in [4.69, 9.17) is 5.26 Å². The summed E-state index contributed by atoms with van der Waals surface area (Å²) < 4.78 is 0. The molecule has 0 unspecified atom stereocenters. The van der Waals surface area contributed by atoms with Crippen molar-refractivity contribution in [1.29, 1.82) is 5.26 Å². The van der Waals surface area contributed by atoms with E-state index in [1.807, 2.05) is 12.1 Å². The van der Waals surface area contributed by atoms with Gasteiger partial charge in [-0.3, -0.25) is 0 Å². The molecule has 0 atom stereocenters. The Kier molecular flexibility index (Phi) is 3.31. The van der Waals surface area contributed by atoms with Crippen LogP contribution < -0.4 is 10.2 Å². The van der Waals surface area contributed by atoms with Crippen molar-refractivity contribution >= 4 is 11.4 Å². The molecule has 0 spiro atoms. The minimum Gasteiger partial charge on any atom is -0.382 e. The summed E-state index contributed by atoms with van der Waals surface area (Å²) >= 11 is 0. The van der Waals surface area contributed by atoms with Gasteiger partial charge in [0.05, 0.1) is 23.0 Å². The third-order valence-electron chi connectivity index (χ3n) is 2.95. The normalized spacial score (nSPS) is 13.9. The third-order valence-corrected chi connectivity index (χ3v) is 2.95. The quantitative estimate of drug-likeness (QED) is 0.842. The molecule has 1 aliphatic rings. The van der Waals surface area contributed by atoms with E-state index in [1.165, 1.54) is 18.5 Å². The van der Waals surface area contributed by atoms with Gasteiger partial charge in [0.25, 0.3) is 0 Å². The lowest BCUT2D eigenvalue weighted by atomic mass is 10.1. The van der Waals surface area contributed by atoms with E-state index in [9.17, 15) is 0 Å². The molecular weight excluding hydrogens is 198 g/mol. The van der Waals surface area contributed by atoms with Crippen LogP contribution in [0.4, 0.5) is 11.4 Å². The van der Waals surface area contributed by atoms with Crippen LogP contribution in [0, 0.1) is 11.3 Å². The number of fused-ring (bicyclic) bond motifs is 1. The summed E-state index contributed by atoms with van der Waals surface area (Å²) in [6.45, 7) is 5.34. The van der Waals surface area contributed by atoms with Gasteiger partial charge < -0.3 is 10.2 Å². The van der Waals surface area contributed by atoms with Crippen LogP contribution in [0.1, 0.15) is 25.3 Å². The molecule has 0 bridgehead atoms. The summed E-state index contributed by atoms with van der Waals surface area (Å²) in [6.07, 6.45) is 2.44. The zero-order valence-electron chi connectivity index (χ0n) is 9.66. The molecule has 0 saturated carbocycles. The lowest BCUT2D eigenvalue weighted by molar-refractivity contribution is 0.713. The molecule has 1 aliphatic heterocycles. The lowest BCUT2D eigenvalue weighted by Crippen LogP contribution is -2.34. The molecule has 84 valence electrons. The second-order valence-electron chi connectivity index (χ2n) is 4.11. The first-order chi connectivity index (χ1) is 7.85. The maximum atomic E-state index is 8.86. The summed E-state index contributed by atoms with van der Waals surface area (Å²) in [7, 11) is 0. The monoisotopic (exact) mass is 215 g/mol. The molecule has 2 rings (SSSR count). The smallest absolute Gasteiger partial charge is 0.0992 e. The second-order valence-corrected chi connectivity index (χ2v) is 4.11. The number of benzene rings is 1. The number of hydrogen-bond acceptors (Lipinski definition) is 3. The molecule has 1 aromatic carbocycles. The second kappa shape index (κ2) is 4.89. The largest absolute Gasteiger partial charge is 0.382 e. The molecular formula is C13H17N3. The van der Waals surface area contributed by atoms with Crippen molar-refractivity contribution in [3.8, 4) is 6.07 Å². The maximum Gasteiger partial charge on any atom is 0.0992 e. The first-order valence-corrected chi connectivity index (χ1v) is 5.88. The molecule has 3 nitrogen and oxygen atoms in total. The summed E-state index contributed by atoms with van der Waals surface area (Å²) in [6, 6.07) is 8.06. The molecule has 0 radical (unpaired) electrons. The number of anilines is 2. The van der Waals surface area contributed by atoms with Crippen molar-refractivity contribution in [3.05, 3.63) is 23.8 Å². The van der Waals surface area contributed by atoms with Gasteiger partial charge in [-0.05, 0) is 24.6 Å². The molecule has 1 N–H and O–H groups in total. The minimum atomic E-state index is 0.726. The average Bonchev–Trinajstić information content (AvgIpc) is 2.35. The summed E-state index contributed by atoms with van der Waals surface area (Å²) in [5.41, 5.74) is 3.06. The molecule has 1 heterocycles. The maximum absolute atomic E-state index is 8.86. The highest BCUT2D eigenvalue weighted by Gasteiger charge is 2.15. The molecule has 1 aromatic rings. The number of nitrogens with one attached hydrogen (secondary N) is 1. The van der Waals surface area contributed by atoms with E-state index in [0.717, 1.165) is 30.9 Å². The fourth-order valence-corrected chi connectivity index (χ4v) is 2.05. The third kappa shape index (κ3) is 2.11. The molecule has 3 heteroatoms. The van der Waals surface area contributed by atoms with Crippen LogP contribution in [0.3, 0.4) is 0 Å². The summed E-state index contributed by atoms with van der Waals surface area (Å²) in [5.74, 6) is 0. The number of unbranched alkanes of at least 4 members (excludes halogenated alkanes) is 1. The Morgan fingerprint density at radius 2 is 2.38 bits per heavy atom. The van der Waals surface area contributed by atoms with Crippen LogP contribution >= 0.6 is 0 Å². The van der Waals surface area contributed by atoms with Crippen molar-refractivity contribution in [2.24, 2.45) is 0 Å². The number of hydrogen-bond donors (Lipinski definition) is 1. The Balaban J connectivity index is 2.22. The highest BCUT2D eigenvalue weighted by atomic mass is 15.2. The predicted octanol–water partition coefficient (Wildman–Crippen LogP) is 2.59. The van der Waals surface area contributed by atoms with E-state index in [-0.39, 0.29) is 0 Å². The van der Waals surface area contributed by atoms with Crippen LogP contribution in [-0.4, -0.2) is 19.6 Å².